The second kappa shape index (κ2) is 5.20. The van der Waals surface area contributed by atoms with Crippen molar-refractivity contribution >= 4 is 10.9 Å². The average molecular weight is 294 g/mol. The zero-order valence-corrected chi connectivity index (χ0v) is 13.8. The minimum Gasteiger partial charge on any atom is -0.207 e. The lowest BCUT2D eigenvalue weighted by Crippen LogP contribution is -2.32. The number of aryl methyl sites for hydroxylation is 4. The molecule has 0 bridgehead atoms. The second-order valence-electron chi connectivity index (χ2n) is 6.19. The van der Waals surface area contributed by atoms with Gasteiger partial charge >= 0.3 is 0 Å². The number of pyridine rings is 1. The molecule has 0 atom stereocenters. The lowest BCUT2D eigenvalue weighted by atomic mass is 9.97. The van der Waals surface area contributed by atoms with E-state index in [2.05, 4.69) is 43.5 Å². The van der Waals surface area contributed by atoms with Gasteiger partial charge in [0, 0.05) is 23.1 Å². The highest BCUT2D eigenvalue weighted by molar-refractivity contribution is 5.79. The highest BCUT2D eigenvalue weighted by atomic mass is 19.1. The molecule has 0 aliphatic carbocycles. The first-order chi connectivity index (χ1) is 10.4. The minimum absolute atomic E-state index is 0.150. The van der Waals surface area contributed by atoms with Crippen molar-refractivity contribution in [2.75, 3.05) is 0 Å². The second-order valence-corrected chi connectivity index (χ2v) is 6.19. The molecular formula is C20H21FN+. The first-order valence-electron chi connectivity index (χ1n) is 7.55. The van der Waals surface area contributed by atoms with Crippen LogP contribution in [-0.4, -0.2) is 0 Å². The Balaban J connectivity index is 2.33. The average Bonchev–Trinajstić information content (AvgIpc) is 2.46. The van der Waals surface area contributed by atoms with Crippen molar-refractivity contribution in [3.8, 4) is 11.3 Å². The normalized spacial score (nSPS) is 11.2. The van der Waals surface area contributed by atoms with Gasteiger partial charge in [0.2, 0.25) is 11.2 Å². The van der Waals surface area contributed by atoms with E-state index in [0.29, 0.717) is 5.56 Å². The van der Waals surface area contributed by atoms with E-state index >= 15 is 0 Å². The van der Waals surface area contributed by atoms with E-state index in [9.17, 15) is 4.39 Å². The third-order valence-electron chi connectivity index (χ3n) is 4.54. The molecule has 0 spiro atoms. The van der Waals surface area contributed by atoms with Crippen molar-refractivity contribution in [2.24, 2.45) is 7.05 Å². The maximum absolute atomic E-state index is 13.8. The molecule has 0 saturated carbocycles. The number of hydrogen-bond acceptors (Lipinski definition) is 0. The van der Waals surface area contributed by atoms with Crippen molar-refractivity contribution in [3.05, 3.63) is 64.5 Å². The number of hydrogen-bond donors (Lipinski definition) is 0. The van der Waals surface area contributed by atoms with Crippen LogP contribution in [0.25, 0.3) is 22.2 Å². The third kappa shape index (κ3) is 2.29. The molecule has 0 unspecified atom stereocenters. The fraction of sp³-hybridized carbons (Fsp3) is 0.250. The van der Waals surface area contributed by atoms with Crippen molar-refractivity contribution in [2.45, 2.75) is 27.7 Å². The van der Waals surface area contributed by atoms with Gasteiger partial charge in [-0.2, -0.15) is 4.57 Å². The number of halogens is 1. The van der Waals surface area contributed by atoms with Crippen LogP contribution in [0.15, 0.2) is 36.4 Å². The molecule has 1 heterocycles. The van der Waals surface area contributed by atoms with E-state index < -0.39 is 0 Å². The molecule has 112 valence electrons. The number of fused-ring (bicyclic) bond motifs is 1. The van der Waals surface area contributed by atoms with Gasteiger partial charge in [-0.3, -0.25) is 0 Å². The molecule has 0 N–H and O–H groups in total. The van der Waals surface area contributed by atoms with E-state index in [4.69, 9.17) is 0 Å². The first kappa shape index (κ1) is 14.7. The minimum atomic E-state index is -0.150. The molecular weight excluding hydrogens is 273 g/mol. The van der Waals surface area contributed by atoms with Gasteiger partial charge in [0.15, 0.2) is 0 Å². The highest BCUT2D eigenvalue weighted by Gasteiger charge is 2.18. The zero-order valence-electron chi connectivity index (χ0n) is 13.8. The van der Waals surface area contributed by atoms with Gasteiger partial charge in [0.05, 0.1) is 0 Å². The zero-order chi connectivity index (χ0) is 16.0. The SMILES string of the molecule is Cc1cc(C)c(C)c(-c2ccc3cc(F)c(C)cc3[n+]2C)c1. The summed E-state index contributed by atoms with van der Waals surface area (Å²) in [6.07, 6.45) is 0. The van der Waals surface area contributed by atoms with E-state index in [1.54, 1.807) is 6.07 Å². The summed E-state index contributed by atoms with van der Waals surface area (Å²) in [5, 5.41) is 0.927. The third-order valence-corrected chi connectivity index (χ3v) is 4.54. The molecule has 0 saturated heterocycles. The summed E-state index contributed by atoms with van der Waals surface area (Å²) in [5.74, 6) is -0.150. The molecule has 0 aliphatic heterocycles. The summed E-state index contributed by atoms with van der Waals surface area (Å²) in [6.45, 7) is 8.23. The van der Waals surface area contributed by atoms with Gasteiger partial charge in [-0.05, 0) is 62.6 Å². The van der Waals surface area contributed by atoms with Crippen LogP contribution in [0.4, 0.5) is 4.39 Å². The predicted octanol–water partition coefficient (Wildman–Crippen LogP) is 4.70. The molecule has 3 rings (SSSR count). The van der Waals surface area contributed by atoms with E-state index in [1.165, 1.54) is 22.3 Å². The maximum atomic E-state index is 13.8. The van der Waals surface area contributed by atoms with Crippen molar-refractivity contribution in [3.63, 3.8) is 0 Å². The molecule has 3 aromatic rings. The largest absolute Gasteiger partial charge is 0.213 e. The predicted molar refractivity (Wildman–Crippen MR) is 89.5 cm³/mol. The molecule has 22 heavy (non-hydrogen) atoms. The number of rotatable bonds is 1. The van der Waals surface area contributed by atoms with Crippen LogP contribution in [0.3, 0.4) is 0 Å². The highest BCUT2D eigenvalue weighted by Crippen LogP contribution is 2.27. The molecule has 1 nitrogen and oxygen atoms in total. The van der Waals surface area contributed by atoms with Crippen LogP contribution >= 0.6 is 0 Å². The van der Waals surface area contributed by atoms with Crippen LogP contribution in [0, 0.1) is 33.5 Å². The Morgan fingerprint density at radius 2 is 1.59 bits per heavy atom. The van der Waals surface area contributed by atoms with Crippen LogP contribution < -0.4 is 4.57 Å². The molecule has 0 fully saturated rings. The first-order valence-corrected chi connectivity index (χ1v) is 7.55. The Bertz CT molecular complexity index is 894. The molecule has 1 aromatic heterocycles. The van der Waals surface area contributed by atoms with Crippen LogP contribution in [-0.2, 0) is 7.05 Å². The number of aromatic nitrogens is 1. The molecule has 0 aliphatic rings. The van der Waals surface area contributed by atoms with E-state index in [0.717, 1.165) is 16.6 Å². The monoisotopic (exact) mass is 294 g/mol. The summed E-state index contributed by atoms with van der Waals surface area (Å²) in [5.41, 5.74) is 7.97. The van der Waals surface area contributed by atoms with Crippen molar-refractivity contribution < 1.29 is 8.96 Å². The fourth-order valence-corrected chi connectivity index (χ4v) is 3.09. The van der Waals surface area contributed by atoms with Gasteiger partial charge in [-0.1, -0.05) is 11.6 Å². The molecule has 2 aromatic carbocycles. The lowest BCUT2D eigenvalue weighted by Gasteiger charge is -2.10. The van der Waals surface area contributed by atoms with Gasteiger partial charge < -0.3 is 0 Å². The molecule has 0 radical (unpaired) electrons. The van der Waals surface area contributed by atoms with Gasteiger partial charge in [0.25, 0.3) is 0 Å². The number of benzene rings is 2. The summed E-state index contributed by atoms with van der Waals surface area (Å²) < 4.78 is 15.9. The van der Waals surface area contributed by atoms with E-state index in [1.807, 2.05) is 26.1 Å². The summed E-state index contributed by atoms with van der Waals surface area (Å²) >= 11 is 0. The van der Waals surface area contributed by atoms with Gasteiger partial charge in [-0.25, -0.2) is 4.39 Å². The summed E-state index contributed by atoms with van der Waals surface area (Å²) in [4.78, 5) is 0. The van der Waals surface area contributed by atoms with Gasteiger partial charge in [-0.15, -0.1) is 0 Å². The van der Waals surface area contributed by atoms with Crippen LogP contribution in [0.1, 0.15) is 22.3 Å². The molecule has 0 amide bonds. The van der Waals surface area contributed by atoms with Crippen LogP contribution in [0.2, 0.25) is 0 Å². The standard InChI is InChI=1S/C20H21FN/c1-12-8-13(2)15(4)17(9-12)19-7-6-16-11-18(21)14(3)10-20(16)22(19)5/h6-11H,1-5H3/q+1. The number of nitrogens with zero attached hydrogens (tertiary/aromatic N) is 1. The quantitative estimate of drug-likeness (QED) is 0.573. The van der Waals surface area contributed by atoms with E-state index in [-0.39, 0.29) is 5.82 Å². The smallest absolute Gasteiger partial charge is 0.207 e. The Kier molecular flexibility index (Phi) is 3.48. The fourth-order valence-electron chi connectivity index (χ4n) is 3.09. The Labute approximate surface area is 131 Å². The summed E-state index contributed by atoms with van der Waals surface area (Å²) in [7, 11) is 2.05. The Morgan fingerprint density at radius 3 is 2.32 bits per heavy atom. The van der Waals surface area contributed by atoms with Crippen LogP contribution in [0.5, 0.6) is 0 Å². The molecule has 2 heteroatoms. The summed E-state index contributed by atoms with van der Waals surface area (Å²) in [6, 6.07) is 12.1. The van der Waals surface area contributed by atoms with Crippen molar-refractivity contribution in [1.82, 2.24) is 0 Å². The van der Waals surface area contributed by atoms with Crippen molar-refractivity contribution in [1.29, 1.82) is 0 Å². The topological polar surface area (TPSA) is 3.88 Å². The van der Waals surface area contributed by atoms with Gasteiger partial charge in [0.1, 0.15) is 12.9 Å². The Morgan fingerprint density at radius 1 is 0.864 bits per heavy atom. The Hall–Kier alpha value is -2.22. The maximum Gasteiger partial charge on any atom is 0.213 e. The lowest BCUT2D eigenvalue weighted by molar-refractivity contribution is -0.633.